The Morgan fingerprint density at radius 2 is 1.67 bits per heavy atom. The van der Waals surface area contributed by atoms with Crippen molar-refractivity contribution in [2.75, 3.05) is 10.0 Å². The van der Waals surface area contributed by atoms with Gasteiger partial charge in [-0.3, -0.25) is 9.52 Å². The minimum atomic E-state index is -3.97. The summed E-state index contributed by atoms with van der Waals surface area (Å²) in [5.74, 6) is -1.41. The van der Waals surface area contributed by atoms with Gasteiger partial charge in [-0.1, -0.05) is 6.07 Å². The van der Waals surface area contributed by atoms with Crippen LogP contribution in [-0.4, -0.2) is 25.4 Å². The molecule has 1 aliphatic carbocycles. The van der Waals surface area contributed by atoms with Crippen molar-refractivity contribution in [3.05, 3.63) is 53.1 Å². The molecule has 7 nitrogen and oxygen atoms in total. The van der Waals surface area contributed by atoms with Gasteiger partial charge in [0.1, 0.15) is 0 Å². The number of sulfonamides is 1. The highest BCUT2D eigenvalue weighted by Gasteiger charge is 2.24. The lowest BCUT2D eigenvalue weighted by Crippen LogP contribution is -2.18. The van der Waals surface area contributed by atoms with Crippen LogP contribution in [0.5, 0.6) is 0 Å². The van der Waals surface area contributed by atoms with E-state index in [0.717, 1.165) is 24.8 Å². The maximum atomic E-state index is 12.7. The molecule has 8 heteroatoms. The molecule has 0 radical (unpaired) electrons. The fraction of sp³-hybridized carbons (Fsp3) is 0.263. The predicted molar refractivity (Wildman–Crippen MR) is 102 cm³/mol. The molecule has 0 saturated carbocycles. The number of rotatable bonds is 5. The first kappa shape index (κ1) is 18.9. The number of carboxylic acids is 1. The molecule has 0 aromatic heterocycles. The van der Waals surface area contributed by atoms with Crippen molar-refractivity contribution in [2.24, 2.45) is 0 Å². The first-order chi connectivity index (χ1) is 12.8. The predicted octanol–water partition coefficient (Wildman–Crippen LogP) is 3.02. The molecule has 0 saturated heterocycles. The van der Waals surface area contributed by atoms with Gasteiger partial charge in [0.05, 0.1) is 16.1 Å². The van der Waals surface area contributed by atoms with E-state index in [0.29, 0.717) is 17.7 Å². The quantitative estimate of drug-likeness (QED) is 0.729. The monoisotopic (exact) mass is 388 g/mol. The molecule has 0 atom stereocenters. The first-order valence-corrected chi connectivity index (χ1v) is 10.0. The van der Waals surface area contributed by atoms with E-state index >= 15 is 0 Å². The Bertz CT molecular complexity index is 998. The number of amides is 1. The Kier molecular flexibility index (Phi) is 5.18. The molecule has 2 aromatic carbocycles. The summed E-state index contributed by atoms with van der Waals surface area (Å²) in [5.41, 5.74) is 2.22. The molecule has 0 spiro atoms. The van der Waals surface area contributed by atoms with Gasteiger partial charge in [-0.25, -0.2) is 13.2 Å². The molecule has 1 amide bonds. The lowest BCUT2D eigenvalue weighted by atomic mass is 9.87. The number of fused-ring (bicyclic) bond motifs is 1. The molecule has 0 bridgehead atoms. The van der Waals surface area contributed by atoms with Gasteiger partial charge >= 0.3 is 5.97 Å². The zero-order valence-electron chi connectivity index (χ0n) is 14.8. The van der Waals surface area contributed by atoms with Gasteiger partial charge in [-0.2, -0.15) is 0 Å². The fourth-order valence-electron chi connectivity index (χ4n) is 3.28. The number of nitrogens with one attached hydrogen (secondary N) is 2. The summed E-state index contributed by atoms with van der Waals surface area (Å²) in [6.45, 7) is 1.36. The summed E-state index contributed by atoms with van der Waals surface area (Å²) in [6, 6.07) is 8.95. The average Bonchev–Trinajstić information content (AvgIpc) is 2.61. The Balaban J connectivity index is 1.94. The Labute approximate surface area is 157 Å². The number of aryl methyl sites for hydroxylation is 1. The second kappa shape index (κ2) is 7.40. The molecule has 0 fully saturated rings. The molecule has 3 N–H and O–H groups in total. The number of aromatic carboxylic acids is 1. The number of benzene rings is 2. The van der Waals surface area contributed by atoms with Crippen molar-refractivity contribution in [1.82, 2.24) is 0 Å². The van der Waals surface area contributed by atoms with Crippen LogP contribution < -0.4 is 10.0 Å². The normalized spacial score (nSPS) is 13.5. The molecule has 27 heavy (non-hydrogen) atoms. The lowest BCUT2D eigenvalue weighted by molar-refractivity contribution is -0.114. The third kappa shape index (κ3) is 4.11. The van der Waals surface area contributed by atoms with Crippen LogP contribution in [0.2, 0.25) is 0 Å². The molecular formula is C19H20N2O5S. The topological polar surface area (TPSA) is 113 Å². The maximum Gasteiger partial charge on any atom is 0.338 e. The summed E-state index contributed by atoms with van der Waals surface area (Å²) in [4.78, 5) is 22.8. The van der Waals surface area contributed by atoms with Crippen LogP contribution in [0.3, 0.4) is 0 Å². The van der Waals surface area contributed by atoms with Crippen molar-refractivity contribution >= 4 is 33.3 Å². The van der Waals surface area contributed by atoms with Crippen molar-refractivity contribution in [1.29, 1.82) is 0 Å². The Morgan fingerprint density at radius 1 is 1.00 bits per heavy atom. The van der Waals surface area contributed by atoms with Crippen molar-refractivity contribution in [2.45, 2.75) is 37.5 Å². The molecule has 3 rings (SSSR count). The van der Waals surface area contributed by atoms with Crippen LogP contribution >= 0.6 is 0 Å². The van der Waals surface area contributed by atoms with E-state index < -0.39 is 16.0 Å². The first-order valence-electron chi connectivity index (χ1n) is 8.56. The lowest BCUT2D eigenvalue weighted by Gasteiger charge is -2.20. The minimum absolute atomic E-state index is 0.0191. The minimum Gasteiger partial charge on any atom is -0.478 e. The van der Waals surface area contributed by atoms with Crippen LogP contribution in [0.4, 0.5) is 11.4 Å². The third-order valence-electron chi connectivity index (χ3n) is 4.48. The molecule has 142 valence electrons. The summed E-state index contributed by atoms with van der Waals surface area (Å²) in [6.07, 6.45) is 3.30. The number of carbonyl (C=O) groups excluding carboxylic acids is 1. The summed E-state index contributed by atoms with van der Waals surface area (Å²) < 4.78 is 27.8. The number of anilines is 2. The second-order valence-electron chi connectivity index (χ2n) is 6.45. The Hall–Kier alpha value is -2.87. The second-order valence-corrected chi connectivity index (χ2v) is 8.13. The van der Waals surface area contributed by atoms with E-state index in [9.17, 15) is 23.1 Å². The van der Waals surface area contributed by atoms with Crippen LogP contribution in [0.15, 0.2) is 41.3 Å². The molecular weight excluding hydrogens is 368 g/mol. The highest BCUT2D eigenvalue weighted by Crippen LogP contribution is 2.31. The SMILES string of the molecule is CC(=O)Nc1ccc(S(=O)(=O)Nc2ccc3c(c2C(=O)O)CCCC3)cc1. The number of hydrogen-bond acceptors (Lipinski definition) is 4. The molecule has 2 aromatic rings. The molecule has 0 aliphatic heterocycles. The van der Waals surface area contributed by atoms with Crippen molar-refractivity contribution < 1.29 is 23.1 Å². The summed E-state index contributed by atoms with van der Waals surface area (Å²) in [7, 11) is -3.97. The van der Waals surface area contributed by atoms with Crippen LogP contribution in [0, 0.1) is 0 Å². The van der Waals surface area contributed by atoms with Crippen LogP contribution in [-0.2, 0) is 27.7 Å². The van der Waals surface area contributed by atoms with E-state index in [1.807, 2.05) is 0 Å². The van der Waals surface area contributed by atoms with E-state index in [1.165, 1.54) is 37.3 Å². The van der Waals surface area contributed by atoms with Gasteiger partial charge in [0.15, 0.2) is 0 Å². The highest BCUT2D eigenvalue weighted by molar-refractivity contribution is 7.92. The standard InChI is InChI=1S/C19H20N2O5S/c1-12(22)20-14-7-9-15(10-8-14)27(25,26)21-17-11-6-13-4-2-3-5-16(13)18(17)19(23)24/h6-11,21H,2-5H2,1H3,(H,20,22)(H,23,24). The van der Waals surface area contributed by atoms with Crippen molar-refractivity contribution in [3.63, 3.8) is 0 Å². The summed E-state index contributed by atoms with van der Waals surface area (Å²) in [5, 5.41) is 12.2. The van der Waals surface area contributed by atoms with Crippen molar-refractivity contribution in [3.8, 4) is 0 Å². The number of carbonyl (C=O) groups is 2. The van der Waals surface area contributed by atoms with Gasteiger partial charge < -0.3 is 10.4 Å². The Morgan fingerprint density at radius 3 is 2.30 bits per heavy atom. The van der Waals surface area contributed by atoms with E-state index in [-0.39, 0.29) is 22.1 Å². The average molecular weight is 388 g/mol. The van der Waals surface area contributed by atoms with Crippen LogP contribution in [0.25, 0.3) is 0 Å². The van der Waals surface area contributed by atoms with E-state index in [1.54, 1.807) is 6.07 Å². The van der Waals surface area contributed by atoms with E-state index in [2.05, 4.69) is 10.0 Å². The van der Waals surface area contributed by atoms with Gasteiger partial charge in [0, 0.05) is 12.6 Å². The fourth-order valence-corrected chi connectivity index (χ4v) is 4.35. The van der Waals surface area contributed by atoms with E-state index in [4.69, 9.17) is 0 Å². The van der Waals surface area contributed by atoms with Gasteiger partial charge in [-0.05, 0) is 67.1 Å². The molecule has 0 unspecified atom stereocenters. The third-order valence-corrected chi connectivity index (χ3v) is 5.86. The number of hydrogen-bond donors (Lipinski definition) is 3. The molecule has 1 aliphatic rings. The smallest absolute Gasteiger partial charge is 0.338 e. The number of carboxylic acid groups (broad SMARTS) is 1. The maximum absolute atomic E-state index is 12.7. The molecule has 0 heterocycles. The zero-order chi connectivity index (χ0) is 19.6. The van der Waals surface area contributed by atoms with Gasteiger partial charge in [0.25, 0.3) is 10.0 Å². The zero-order valence-corrected chi connectivity index (χ0v) is 15.6. The van der Waals surface area contributed by atoms with Crippen LogP contribution in [0.1, 0.15) is 41.3 Å². The van der Waals surface area contributed by atoms with Gasteiger partial charge in [-0.15, -0.1) is 0 Å². The van der Waals surface area contributed by atoms with Gasteiger partial charge in [0.2, 0.25) is 5.91 Å². The summed E-state index contributed by atoms with van der Waals surface area (Å²) >= 11 is 0. The largest absolute Gasteiger partial charge is 0.478 e. The highest BCUT2D eigenvalue weighted by atomic mass is 32.2.